The fourth-order valence-corrected chi connectivity index (χ4v) is 2.05. The minimum Gasteiger partial charge on any atom is -0.394 e. The van der Waals surface area contributed by atoms with Gasteiger partial charge in [-0.25, -0.2) is 4.68 Å². The molecule has 0 aliphatic heterocycles. The summed E-state index contributed by atoms with van der Waals surface area (Å²) in [5.74, 6) is 0. The second-order valence-corrected chi connectivity index (χ2v) is 4.61. The molecule has 1 atom stereocenters. The van der Waals surface area contributed by atoms with Crippen molar-refractivity contribution in [1.82, 2.24) is 14.7 Å². The first-order valence-corrected chi connectivity index (χ1v) is 6.26. The third kappa shape index (κ3) is 3.64. The minimum absolute atomic E-state index is 0.217. The predicted octanol–water partition coefficient (Wildman–Crippen LogP) is 0.657. The first kappa shape index (κ1) is 13.7. The van der Waals surface area contributed by atoms with E-state index in [-0.39, 0.29) is 6.61 Å². The van der Waals surface area contributed by atoms with E-state index in [0.29, 0.717) is 13.1 Å². The summed E-state index contributed by atoms with van der Waals surface area (Å²) in [5, 5.41) is 22.6. The maximum absolute atomic E-state index is 9.45. The van der Waals surface area contributed by atoms with Crippen LogP contribution in [-0.4, -0.2) is 51.2 Å². The highest BCUT2D eigenvalue weighted by molar-refractivity contribution is 5.40. The van der Waals surface area contributed by atoms with E-state index in [9.17, 15) is 5.11 Å². The zero-order chi connectivity index (χ0) is 13.7. The Morgan fingerprint density at radius 2 is 2.11 bits per heavy atom. The number of para-hydroxylation sites is 1. The molecule has 2 N–H and O–H groups in total. The van der Waals surface area contributed by atoms with Crippen LogP contribution in [0.5, 0.6) is 0 Å². The quantitative estimate of drug-likeness (QED) is 0.802. The molecule has 0 spiro atoms. The molecule has 0 fully saturated rings. The number of aliphatic hydroxyl groups is 2. The Balaban J connectivity index is 2.12. The van der Waals surface area contributed by atoms with E-state index in [1.165, 1.54) is 0 Å². The van der Waals surface area contributed by atoms with Gasteiger partial charge in [-0.1, -0.05) is 18.2 Å². The van der Waals surface area contributed by atoms with E-state index in [0.717, 1.165) is 11.3 Å². The molecule has 0 radical (unpaired) electrons. The second kappa shape index (κ2) is 6.47. The van der Waals surface area contributed by atoms with Crippen molar-refractivity contribution in [3.63, 3.8) is 0 Å². The maximum atomic E-state index is 9.45. The topological polar surface area (TPSA) is 61.5 Å². The minimum atomic E-state index is -0.707. The van der Waals surface area contributed by atoms with Gasteiger partial charge in [0.1, 0.15) is 0 Å². The zero-order valence-electron chi connectivity index (χ0n) is 11.0. The molecular weight excluding hydrogens is 242 g/mol. The summed E-state index contributed by atoms with van der Waals surface area (Å²) in [5.41, 5.74) is 2.15. The highest BCUT2D eigenvalue weighted by atomic mass is 16.3. The Morgan fingerprint density at radius 3 is 2.79 bits per heavy atom. The predicted molar refractivity (Wildman–Crippen MR) is 73.0 cm³/mol. The highest BCUT2D eigenvalue weighted by Gasteiger charge is 2.10. The van der Waals surface area contributed by atoms with Gasteiger partial charge in [-0.2, -0.15) is 5.10 Å². The van der Waals surface area contributed by atoms with E-state index in [1.54, 1.807) is 6.20 Å². The van der Waals surface area contributed by atoms with Crippen molar-refractivity contribution in [3.8, 4) is 5.69 Å². The van der Waals surface area contributed by atoms with Crippen molar-refractivity contribution in [2.45, 2.75) is 12.6 Å². The average molecular weight is 261 g/mol. The molecule has 1 heterocycles. The monoisotopic (exact) mass is 261 g/mol. The smallest absolute Gasteiger partial charge is 0.0897 e. The average Bonchev–Trinajstić information content (AvgIpc) is 2.93. The van der Waals surface area contributed by atoms with Crippen LogP contribution in [-0.2, 0) is 6.54 Å². The number of hydrogen-bond acceptors (Lipinski definition) is 4. The molecule has 0 saturated heterocycles. The maximum Gasteiger partial charge on any atom is 0.0897 e. The SMILES string of the molecule is CN(Cc1ccccc1-n1cccn1)CC(O)CO. The molecule has 0 amide bonds. The third-order valence-corrected chi connectivity index (χ3v) is 2.92. The lowest BCUT2D eigenvalue weighted by atomic mass is 10.1. The molecule has 5 nitrogen and oxygen atoms in total. The zero-order valence-corrected chi connectivity index (χ0v) is 11.0. The molecule has 102 valence electrons. The summed E-state index contributed by atoms with van der Waals surface area (Å²) in [6.07, 6.45) is 2.94. The Kier molecular flexibility index (Phi) is 4.68. The van der Waals surface area contributed by atoms with Crippen LogP contribution in [0.15, 0.2) is 42.7 Å². The Morgan fingerprint density at radius 1 is 1.32 bits per heavy atom. The molecule has 0 saturated carbocycles. The largest absolute Gasteiger partial charge is 0.394 e. The summed E-state index contributed by atoms with van der Waals surface area (Å²) in [6, 6.07) is 9.90. The molecule has 2 aromatic rings. The summed E-state index contributed by atoms with van der Waals surface area (Å²) in [4.78, 5) is 1.98. The van der Waals surface area contributed by atoms with Crippen molar-refractivity contribution in [1.29, 1.82) is 0 Å². The number of aliphatic hydroxyl groups excluding tert-OH is 2. The van der Waals surface area contributed by atoms with E-state index in [4.69, 9.17) is 5.11 Å². The molecule has 19 heavy (non-hydrogen) atoms. The first-order chi connectivity index (χ1) is 9.20. The van der Waals surface area contributed by atoms with Gasteiger partial charge < -0.3 is 10.2 Å². The second-order valence-electron chi connectivity index (χ2n) is 4.61. The van der Waals surface area contributed by atoms with Crippen LogP contribution in [0.2, 0.25) is 0 Å². The van der Waals surface area contributed by atoms with Gasteiger partial charge in [0, 0.05) is 25.5 Å². The number of hydrogen-bond donors (Lipinski definition) is 2. The number of aromatic nitrogens is 2. The van der Waals surface area contributed by atoms with Gasteiger partial charge in [-0.05, 0) is 24.7 Å². The first-order valence-electron chi connectivity index (χ1n) is 6.26. The van der Waals surface area contributed by atoms with Crippen molar-refractivity contribution < 1.29 is 10.2 Å². The Labute approximate surface area is 112 Å². The van der Waals surface area contributed by atoms with Gasteiger partial charge >= 0.3 is 0 Å². The number of benzene rings is 1. The van der Waals surface area contributed by atoms with Gasteiger partial charge in [0.15, 0.2) is 0 Å². The molecule has 0 bridgehead atoms. The fourth-order valence-electron chi connectivity index (χ4n) is 2.05. The lowest BCUT2D eigenvalue weighted by molar-refractivity contribution is 0.0648. The van der Waals surface area contributed by atoms with Gasteiger partial charge in [0.05, 0.1) is 18.4 Å². The van der Waals surface area contributed by atoms with E-state index in [1.807, 2.05) is 53.2 Å². The summed E-state index contributed by atoms with van der Waals surface area (Å²) < 4.78 is 1.83. The molecule has 1 aromatic heterocycles. The van der Waals surface area contributed by atoms with Crippen molar-refractivity contribution in [3.05, 3.63) is 48.3 Å². The molecule has 0 aliphatic rings. The van der Waals surface area contributed by atoms with Crippen molar-refractivity contribution >= 4 is 0 Å². The summed E-state index contributed by atoms with van der Waals surface area (Å²) in [6.45, 7) is 0.905. The van der Waals surface area contributed by atoms with Crippen LogP contribution < -0.4 is 0 Å². The van der Waals surface area contributed by atoms with Gasteiger partial charge in [-0.3, -0.25) is 4.90 Å². The molecule has 1 unspecified atom stereocenters. The molecular formula is C14H19N3O2. The van der Waals surface area contributed by atoms with E-state index < -0.39 is 6.10 Å². The lowest BCUT2D eigenvalue weighted by Crippen LogP contribution is -2.31. The van der Waals surface area contributed by atoms with Crippen LogP contribution in [0.25, 0.3) is 5.69 Å². The van der Waals surface area contributed by atoms with Gasteiger partial charge in [-0.15, -0.1) is 0 Å². The number of likely N-dealkylation sites (N-methyl/N-ethyl adjacent to an activating group) is 1. The van der Waals surface area contributed by atoms with E-state index >= 15 is 0 Å². The van der Waals surface area contributed by atoms with Crippen LogP contribution in [0, 0.1) is 0 Å². The van der Waals surface area contributed by atoms with Gasteiger partial charge in [0.2, 0.25) is 0 Å². The van der Waals surface area contributed by atoms with Gasteiger partial charge in [0.25, 0.3) is 0 Å². The third-order valence-electron chi connectivity index (χ3n) is 2.92. The van der Waals surface area contributed by atoms with Crippen molar-refractivity contribution in [2.75, 3.05) is 20.2 Å². The van der Waals surface area contributed by atoms with E-state index in [2.05, 4.69) is 5.10 Å². The highest BCUT2D eigenvalue weighted by Crippen LogP contribution is 2.15. The summed E-state index contributed by atoms with van der Waals surface area (Å²) >= 11 is 0. The molecule has 0 aliphatic carbocycles. The Hall–Kier alpha value is -1.69. The standard InChI is InChI=1S/C14H19N3O2/c1-16(10-13(19)11-18)9-12-5-2-3-6-14(12)17-8-4-7-15-17/h2-8,13,18-19H,9-11H2,1H3. The fraction of sp³-hybridized carbons (Fsp3) is 0.357. The van der Waals surface area contributed by atoms with Crippen molar-refractivity contribution in [2.24, 2.45) is 0 Å². The van der Waals surface area contributed by atoms with Crippen LogP contribution in [0.1, 0.15) is 5.56 Å². The number of rotatable bonds is 6. The summed E-state index contributed by atoms with van der Waals surface area (Å²) in [7, 11) is 1.92. The number of nitrogens with zero attached hydrogens (tertiary/aromatic N) is 3. The molecule has 2 rings (SSSR count). The van der Waals surface area contributed by atoms with Crippen LogP contribution >= 0.6 is 0 Å². The lowest BCUT2D eigenvalue weighted by Gasteiger charge is -2.20. The van der Waals surface area contributed by atoms with Crippen LogP contribution in [0.4, 0.5) is 0 Å². The molecule has 5 heteroatoms. The molecule has 1 aromatic carbocycles. The van der Waals surface area contributed by atoms with Crippen LogP contribution in [0.3, 0.4) is 0 Å². The normalized spacial score (nSPS) is 12.8. The Bertz CT molecular complexity index is 499.